The SMILES string of the molecule is O=S(=O)(N1CCCC1)N1CCOC(CBr)C1. The summed E-state index contributed by atoms with van der Waals surface area (Å²) < 4.78 is 33.0. The van der Waals surface area contributed by atoms with Crippen LogP contribution in [0.15, 0.2) is 0 Å². The average Bonchev–Trinajstić information content (AvgIpc) is 2.83. The Kier molecular flexibility index (Phi) is 4.23. The molecule has 5 nitrogen and oxygen atoms in total. The van der Waals surface area contributed by atoms with Crippen molar-refractivity contribution < 1.29 is 13.2 Å². The van der Waals surface area contributed by atoms with Crippen LogP contribution < -0.4 is 0 Å². The summed E-state index contributed by atoms with van der Waals surface area (Å²) in [4.78, 5) is 0. The van der Waals surface area contributed by atoms with Crippen molar-refractivity contribution in [3.63, 3.8) is 0 Å². The first-order chi connectivity index (χ1) is 7.64. The Hall–Kier alpha value is 0.310. The first-order valence-corrected chi connectivity index (χ1v) is 8.09. The van der Waals surface area contributed by atoms with Crippen molar-refractivity contribution in [1.82, 2.24) is 8.61 Å². The van der Waals surface area contributed by atoms with E-state index in [9.17, 15) is 8.42 Å². The Morgan fingerprint density at radius 2 is 1.88 bits per heavy atom. The molecule has 7 heteroatoms. The molecule has 1 unspecified atom stereocenters. The summed E-state index contributed by atoms with van der Waals surface area (Å²) >= 11 is 3.33. The van der Waals surface area contributed by atoms with Crippen LogP contribution in [0.5, 0.6) is 0 Å². The highest BCUT2D eigenvalue weighted by atomic mass is 79.9. The van der Waals surface area contributed by atoms with Crippen LogP contribution >= 0.6 is 15.9 Å². The van der Waals surface area contributed by atoms with Gasteiger partial charge in [0, 0.05) is 31.5 Å². The van der Waals surface area contributed by atoms with Crippen molar-refractivity contribution in [2.24, 2.45) is 0 Å². The minimum absolute atomic E-state index is 0.0221. The molecular formula is C9H17BrN2O3S. The van der Waals surface area contributed by atoms with E-state index in [2.05, 4.69) is 15.9 Å². The highest BCUT2D eigenvalue weighted by Crippen LogP contribution is 2.19. The molecule has 16 heavy (non-hydrogen) atoms. The lowest BCUT2D eigenvalue weighted by Crippen LogP contribution is -2.51. The first-order valence-electron chi connectivity index (χ1n) is 5.57. The van der Waals surface area contributed by atoms with Crippen molar-refractivity contribution in [2.75, 3.05) is 38.1 Å². The summed E-state index contributed by atoms with van der Waals surface area (Å²) in [5.41, 5.74) is 0. The fourth-order valence-electron chi connectivity index (χ4n) is 2.08. The fraction of sp³-hybridized carbons (Fsp3) is 1.00. The van der Waals surface area contributed by atoms with E-state index in [0.717, 1.165) is 12.8 Å². The van der Waals surface area contributed by atoms with E-state index in [4.69, 9.17) is 4.74 Å². The number of alkyl halides is 1. The number of hydrogen-bond donors (Lipinski definition) is 0. The molecule has 2 aliphatic heterocycles. The fourth-order valence-corrected chi connectivity index (χ4v) is 4.18. The van der Waals surface area contributed by atoms with Crippen molar-refractivity contribution in [3.8, 4) is 0 Å². The van der Waals surface area contributed by atoms with Crippen molar-refractivity contribution in [3.05, 3.63) is 0 Å². The molecule has 0 aromatic rings. The second-order valence-corrected chi connectivity index (χ2v) is 6.69. The van der Waals surface area contributed by atoms with Crippen molar-refractivity contribution in [1.29, 1.82) is 0 Å². The Labute approximate surface area is 105 Å². The molecule has 0 saturated carbocycles. The second-order valence-electron chi connectivity index (χ2n) is 4.12. The zero-order chi connectivity index (χ0) is 11.6. The van der Waals surface area contributed by atoms with Gasteiger partial charge in [-0.05, 0) is 12.8 Å². The number of rotatable bonds is 3. The normalized spacial score (nSPS) is 29.7. The largest absolute Gasteiger partial charge is 0.375 e. The molecule has 0 aromatic carbocycles. The van der Waals surface area contributed by atoms with E-state index < -0.39 is 10.2 Å². The molecule has 2 rings (SSSR count). The summed E-state index contributed by atoms with van der Waals surface area (Å²) in [7, 11) is -3.24. The number of hydrogen-bond acceptors (Lipinski definition) is 3. The molecule has 2 fully saturated rings. The minimum Gasteiger partial charge on any atom is -0.375 e. The maximum atomic E-state index is 12.2. The van der Waals surface area contributed by atoms with Crippen LogP contribution in [-0.2, 0) is 14.9 Å². The zero-order valence-corrected chi connectivity index (χ0v) is 11.5. The molecule has 1 atom stereocenters. The second kappa shape index (κ2) is 5.30. The van der Waals surface area contributed by atoms with Crippen LogP contribution in [0.25, 0.3) is 0 Å². The molecule has 0 spiro atoms. The van der Waals surface area contributed by atoms with Crippen molar-refractivity contribution in [2.45, 2.75) is 18.9 Å². The Balaban J connectivity index is 2.04. The highest BCUT2D eigenvalue weighted by molar-refractivity contribution is 9.09. The van der Waals surface area contributed by atoms with Gasteiger partial charge in [0.05, 0.1) is 12.7 Å². The Bertz CT molecular complexity index is 330. The molecular weight excluding hydrogens is 296 g/mol. The van der Waals surface area contributed by atoms with E-state index in [0.29, 0.717) is 38.1 Å². The molecule has 0 aromatic heterocycles. The van der Waals surface area contributed by atoms with Crippen LogP contribution in [0.3, 0.4) is 0 Å². The molecule has 2 aliphatic rings. The predicted molar refractivity (Wildman–Crippen MR) is 64.8 cm³/mol. The summed E-state index contributed by atoms with van der Waals surface area (Å²) in [5.74, 6) is 0. The Morgan fingerprint density at radius 1 is 1.19 bits per heavy atom. The van der Waals surface area contributed by atoms with Gasteiger partial charge >= 0.3 is 0 Å². The maximum absolute atomic E-state index is 12.2. The number of morpholine rings is 1. The molecule has 0 radical (unpaired) electrons. The van der Waals surface area contributed by atoms with Crippen LogP contribution in [0.1, 0.15) is 12.8 Å². The van der Waals surface area contributed by atoms with E-state index in [-0.39, 0.29) is 6.10 Å². The van der Waals surface area contributed by atoms with E-state index >= 15 is 0 Å². The lowest BCUT2D eigenvalue weighted by molar-refractivity contribution is 0.0120. The van der Waals surface area contributed by atoms with Crippen molar-refractivity contribution >= 4 is 26.1 Å². The van der Waals surface area contributed by atoms with Gasteiger partial charge in [-0.15, -0.1) is 0 Å². The molecule has 0 amide bonds. The highest BCUT2D eigenvalue weighted by Gasteiger charge is 2.34. The average molecular weight is 313 g/mol. The third-order valence-corrected chi connectivity index (χ3v) is 5.72. The molecule has 0 bridgehead atoms. The Morgan fingerprint density at radius 3 is 2.50 bits per heavy atom. The van der Waals surface area contributed by atoms with Crippen LogP contribution in [0.2, 0.25) is 0 Å². The van der Waals surface area contributed by atoms with Gasteiger partial charge in [-0.2, -0.15) is 17.0 Å². The van der Waals surface area contributed by atoms with Gasteiger partial charge in [0.15, 0.2) is 0 Å². The standard InChI is InChI=1S/C9H17BrN2O3S/c10-7-9-8-12(5-6-15-9)16(13,14)11-3-1-2-4-11/h9H,1-8H2. The zero-order valence-electron chi connectivity index (χ0n) is 9.14. The third kappa shape index (κ3) is 2.59. The molecule has 0 N–H and O–H groups in total. The first kappa shape index (κ1) is 12.8. The van der Waals surface area contributed by atoms with E-state index in [1.54, 1.807) is 8.61 Å². The molecule has 0 aliphatic carbocycles. The monoisotopic (exact) mass is 312 g/mol. The summed E-state index contributed by atoms with van der Waals surface area (Å²) in [5, 5.41) is 0.680. The van der Waals surface area contributed by atoms with Gasteiger partial charge in [-0.1, -0.05) is 15.9 Å². The summed E-state index contributed by atoms with van der Waals surface area (Å²) in [6.07, 6.45) is 1.93. The summed E-state index contributed by atoms with van der Waals surface area (Å²) in [6.45, 7) is 2.76. The number of nitrogens with zero attached hydrogens (tertiary/aromatic N) is 2. The van der Waals surface area contributed by atoms with Gasteiger partial charge in [-0.3, -0.25) is 0 Å². The molecule has 2 saturated heterocycles. The van der Waals surface area contributed by atoms with Gasteiger partial charge in [-0.25, -0.2) is 0 Å². The molecule has 94 valence electrons. The van der Waals surface area contributed by atoms with Crippen LogP contribution in [-0.4, -0.2) is 61.2 Å². The van der Waals surface area contributed by atoms with E-state index in [1.807, 2.05) is 0 Å². The third-order valence-electron chi connectivity index (χ3n) is 2.99. The van der Waals surface area contributed by atoms with Gasteiger partial charge in [0.25, 0.3) is 10.2 Å². The maximum Gasteiger partial charge on any atom is 0.282 e. The quantitative estimate of drug-likeness (QED) is 0.710. The van der Waals surface area contributed by atoms with Gasteiger partial charge < -0.3 is 4.74 Å². The van der Waals surface area contributed by atoms with Crippen LogP contribution in [0.4, 0.5) is 0 Å². The lowest BCUT2D eigenvalue weighted by Gasteiger charge is -2.33. The number of halogens is 1. The lowest BCUT2D eigenvalue weighted by atomic mass is 10.3. The van der Waals surface area contributed by atoms with Crippen LogP contribution in [0, 0.1) is 0 Å². The summed E-state index contributed by atoms with van der Waals surface area (Å²) in [6, 6.07) is 0. The molecule has 2 heterocycles. The minimum atomic E-state index is -3.24. The van der Waals surface area contributed by atoms with Gasteiger partial charge in [0.1, 0.15) is 0 Å². The van der Waals surface area contributed by atoms with Gasteiger partial charge in [0.2, 0.25) is 0 Å². The van der Waals surface area contributed by atoms with E-state index in [1.165, 1.54) is 0 Å². The number of ether oxygens (including phenoxy) is 1. The predicted octanol–water partition coefficient (Wildman–Crippen LogP) is 0.423. The smallest absolute Gasteiger partial charge is 0.282 e. The topological polar surface area (TPSA) is 49.9 Å².